The van der Waals surface area contributed by atoms with E-state index in [1.54, 1.807) is 30.3 Å². The number of hydrogen-bond donors (Lipinski definition) is 2. The summed E-state index contributed by atoms with van der Waals surface area (Å²) >= 11 is 5.81. The molecule has 0 aliphatic rings. The number of anilines is 1. The third-order valence-electron chi connectivity index (χ3n) is 3.61. The summed E-state index contributed by atoms with van der Waals surface area (Å²) in [6, 6.07) is 20.3. The summed E-state index contributed by atoms with van der Waals surface area (Å²) in [5.41, 5.74) is 1.48. The smallest absolute Gasteiger partial charge is 0.313 e. The first-order chi connectivity index (χ1) is 11.6. The Hall–Kier alpha value is -2.85. The molecular weight excluding hydrogens is 324 g/mol. The van der Waals surface area contributed by atoms with Gasteiger partial charge in [0.2, 0.25) is 0 Å². The molecule has 0 unspecified atom stereocenters. The maximum absolute atomic E-state index is 12.1. The van der Waals surface area contributed by atoms with E-state index in [0.29, 0.717) is 10.7 Å². The van der Waals surface area contributed by atoms with Gasteiger partial charge in [0, 0.05) is 22.6 Å². The van der Waals surface area contributed by atoms with Crippen molar-refractivity contribution in [3.63, 3.8) is 0 Å². The number of nitrogens with one attached hydrogen (secondary N) is 2. The van der Waals surface area contributed by atoms with Crippen LogP contribution >= 0.6 is 11.6 Å². The fraction of sp³-hybridized carbons (Fsp3) is 0.0526. The van der Waals surface area contributed by atoms with Crippen molar-refractivity contribution in [2.45, 2.75) is 6.54 Å². The second-order valence-corrected chi connectivity index (χ2v) is 5.73. The highest BCUT2D eigenvalue weighted by atomic mass is 35.5. The molecule has 0 saturated carbocycles. The molecule has 0 atom stereocenters. The van der Waals surface area contributed by atoms with Crippen LogP contribution < -0.4 is 10.6 Å². The molecule has 0 spiro atoms. The van der Waals surface area contributed by atoms with Crippen LogP contribution in [0.5, 0.6) is 0 Å². The maximum Gasteiger partial charge on any atom is 0.313 e. The Morgan fingerprint density at radius 1 is 0.833 bits per heavy atom. The van der Waals surface area contributed by atoms with Gasteiger partial charge in [0.1, 0.15) is 0 Å². The van der Waals surface area contributed by atoms with E-state index in [0.717, 1.165) is 16.3 Å². The molecule has 0 aromatic heterocycles. The molecule has 4 nitrogen and oxygen atoms in total. The SMILES string of the molecule is O=C(NCc1ccc(Cl)cc1)C(=O)Nc1cccc2ccccc12. The van der Waals surface area contributed by atoms with Gasteiger partial charge in [-0.1, -0.05) is 60.1 Å². The summed E-state index contributed by atoms with van der Waals surface area (Å²) in [4.78, 5) is 24.1. The van der Waals surface area contributed by atoms with Gasteiger partial charge in [-0.2, -0.15) is 0 Å². The number of rotatable bonds is 3. The van der Waals surface area contributed by atoms with E-state index in [1.807, 2.05) is 36.4 Å². The molecule has 3 rings (SSSR count). The number of halogens is 1. The van der Waals surface area contributed by atoms with Gasteiger partial charge >= 0.3 is 11.8 Å². The minimum Gasteiger partial charge on any atom is -0.344 e. The van der Waals surface area contributed by atoms with Crippen molar-refractivity contribution < 1.29 is 9.59 Å². The van der Waals surface area contributed by atoms with E-state index in [-0.39, 0.29) is 6.54 Å². The third-order valence-corrected chi connectivity index (χ3v) is 3.86. The van der Waals surface area contributed by atoms with Crippen LogP contribution in [0, 0.1) is 0 Å². The Morgan fingerprint density at radius 2 is 1.54 bits per heavy atom. The van der Waals surface area contributed by atoms with Crippen LogP contribution in [0.2, 0.25) is 5.02 Å². The summed E-state index contributed by atoms with van der Waals surface area (Å²) in [7, 11) is 0. The normalized spacial score (nSPS) is 10.4. The fourth-order valence-electron chi connectivity index (χ4n) is 2.38. The van der Waals surface area contributed by atoms with Gasteiger partial charge in [-0.25, -0.2) is 0 Å². The molecule has 2 amide bonds. The van der Waals surface area contributed by atoms with Crippen molar-refractivity contribution in [3.8, 4) is 0 Å². The minimum atomic E-state index is -0.694. The summed E-state index contributed by atoms with van der Waals surface area (Å²) in [6.45, 7) is 0.263. The predicted molar refractivity (Wildman–Crippen MR) is 95.9 cm³/mol. The lowest BCUT2D eigenvalue weighted by Gasteiger charge is -2.09. The topological polar surface area (TPSA) is 58.2 Å². The highest BCUT2D eigenvalue weighted by molar-refractivity contribution is 6.40. The first-order valence-corrected chi connectivity index (χ1v) is 7.83. The molecule has 0 fully saturated rings. The summed E-state index contributed by atoms with van der Waals surface area (Å²) in [6.07, 6.45) is 0. The molecule has 0 saturated heterocycles. The van der Waals surface area contributed by atoms with Crippen LogP contribution in [0.4, 0.5) is 5.69 Å². The zero-order valence-electron chi connectivity index (χ0n) is 12.8. The average Bonchev–Trinajstić information content (AvgIpc) is 2.61. The minimum absolute atomic E-state index is 0.263. The second-order valence-electron chi connectivity index (χ2n) is 5.29. The van der Waals surface area contributed by atoms with Gasteiger partial charge in [0.15, 0.2) is 0 Å². The Kier molecular flexibility index (Phi) is 4.77. The zero-order valence-corrected chi connectivity index (χ0v) is 13.5. The predicted octanol–water partition coefficient (Wildman–Crippen LogP) is 3.75. The monoisotopic (exact) mass is 338 g/mol. The van der Waals surface area contributed by atoms with Gasteiger partial charge in [-0.3, -0.25) is 9.59 Å². The lowest BCUT2D eigenvalue weighted by molar-refractivity contribution is -0.136. The van der Waals surface area contributed by atoms with E-state index >= 15 is 0 Å². The Morgan fingerprint density at radius 3 is 2.33 bits per heavy atom. The largest absolute Gasteiger partial charge is 0.344 e. The molecule has 3 aromatic carbocycles. The lowest BCUT2D eigenvalue weighted by atomic mass is 10.1. The molecular formula is C19H15ClN2O2. The van der Waals surface area contributed by atoms with E-state index < -0.39 is 11.8 Å². The van der Waals surface area contributed by atoms with Crippen molar-refractivity contribution in [1.29, 1.82) is 0 Å². The van der Waals surface area contributed by atoms with Crippen LogP contribution in [0.15, 0.2) is 66.7 Å². The van der Waals surface area contributed by atoms with Crippen LogP contribution in [-0.2, 0) is 16.1 Å². The molecule has 5 heteroatoms. The van der Waals surface area contributed by atoms with Crippen LogP contribution in [0.3, 0.4) is 0 Å². The molecule has 0 radical (unpaired) electrons. The molecule has 2 N–H and O–H groups in total. The van der Waals surface area contributed by atoms with E-state index in [4.69, 9.17) is 11.6 Å². The van der Waals surface area contributed by atoms with Crippen LogP contribution in [0.1, 0.15) is 5.56 Å². The lowest BCUT2D eigenvalue weighted by Crippen LogP contribution is -2.35. The number of benzene rings is 3. The van der Waals surface area contributed by atoms with Crippen LogP contribution in [0.25, 0.3) is 10.8 Å². The molecule has 0 aliphatic heterocycles. The molecule has 0 heterocycles. The Bertz CT molecular complexity index is 886. The van der Waals surface area contributed by atoms with Gasteiger partial charge in [0.05, 0.1) is 0 Å². The van der Waals surface area contributed by atoms with E-state index in [1.165, 1.54) is 0 Å². The number of fused-ring (bicyclic) bond motifs is 1. The van der Waals surface area contributed by atoms with Crippen molar-refractivity contribution in [1.82, 2.24) is 5.32 Å². The number of carbonyl (C=O) groups excluding carboxylic acids is 2. The molecule has 0 bridgehead atoms. The fourth-order valence-corrected chi connectivity index (χ4v) is 2.50. The van der Waals surface area contributed by atoms with Crippen molar-refractivity contribution in [2.24, 2.45) is 0 Å². The van der Waals surface area contributed by atoms with Crippen molar-refractivity contribution >= 4 is 39.9 Å². The number of carbonyl (C=O) groups is 2. The average molecular weight is 339 g/mol. The quantitative estimate of drug-likeness (QED) is 0.715. The van der Waals surface area contributed by atoms with Crippen molar-refractivity contribution in [3.05, 3.63) is 77.3 Å². The molecule has 3 aromatic rings. The first-order valence-electron chi connectivity index (χ1n) is 7.45. The summed E-state index contributed by atoms with van der Waals surface area (Å²) in [5, 5.41) is 7.76. The highest BCUT2D eigenvalue weighted by Crippen LogP contribution is 2.22. The number of hydrogen-bond acceptors (Lipinski definition) is 2. The summed E-state index contributed by atoms with van der Waals surface area (Å²) in [5.74, 6) is -1.38. The molecule has 24 heavy (non-hydrogen) atoms. The van der Waals surface area contributed by atoms with E-state index in [2.05, 4.69) is 10.6 Å². The Balaban J connectivity index is 1.65. The first kappa shape index (κ1) is 16.0. The molecule has 0 aliphatic carbocycles. The van der Waals surface area contributed by atoms with Gasteiger partial charge < -0.3 is 10.6 Å². The van der Waals surface area contributed by atoms with Gasteiger partial charge in [-0.05, 0) is 29.1 Å². The van der Waals surface area contributed by atoms with Gasteiger partial charge in [0.25, 0.3) is 0 Å². The van der Waals surface area contributed by atoms with Gasteiger partial charge in [-0.15, -0.1) is 0 Å². The Labute approximate surface area is 144 Å². The van der Waals surface area contributed by atoms with Crippen LogP contribution in [-0.4, -0.2) is 11.8 Å². The van der Waals surface area contributed by atoms with E-state index in [9.17, 15) is 9.59 Å². The summed E-state index contributed by atoms with van der Waals surface area (Å²) < 4.78 is 0. The maximum atomic E-state index is 12.1. The molecule has 120 valence electrons. The zero-order chi connectivity index (χ0) is 16.9. The second kappa shape index (κ2) is 7.15. The standard InChI is InChI=1S/C19H15ClN2O2/c20-15-10-8-13(9-11-15)12-21-18(23)19(24)22-17-7-3-5-14-4-1-2-6-16(14)17/h1-11H,12H2,(H,21,23)(H,22,24). The third kappa shape index (κ3) is 3.73. The number of amides is 2. The van der Waals surface area contributed by atoms with Crippen molar-refractivity contribution in [2.75, 3.05) is 5.32 Å². The highest BCUT2D eigenvalue weighted by Gasteiger charge is 2.14.